The van der Waals surface area contributed by atoms with E-state index in [2.05, 4.69) is 144 Å². The number of imidazole rings is 1. The maximum absolute atomic E-state index is 5.48. The first-order chi connectivity index (χ1) is 25.3. The molecule has 0 atom stereocenters. The molecule has 0 saturated heterocycles. The van der Waals surface area contributed by atoms with Gasteiger partial charge in [-0.15, -0.1) is 0 Å². The van der Waals surface area contributed by atoms with Crippen molar-refractivity contribution in [3.8, 4) is 50.5 Å². The second-order valence-electron chi connectivity index (χ2n) is 12.8. The molecule has 0 aliphatic carbocycles. The van der Waals surface area contributed by atoms with Crippen molar-refractivity contribution in [1.29, 1.82) is 0 Å². The minimum absolute atomic E-state index is 0.799. The number of benzene rings is 6. The maximum atomic E-state index is 5.48. The number of rotatable bonds is 5. The number of para-hydroxylation sites is 3. The van der Waals surface area contributed by atoms with Crippen LogP contribution >= 0.6 is 0 Å². The van der Waals surface area contributed by atoms with Gasteiger partial charge in [0.25, 0.3) is 0 Å². The molecule has 6 aromatic carbocycles. The molecule has 0 unspecified atom stereocenters. The van der Waals surface area contributed by atoms with E-state index in [-0.39, 0.29) is 0 Å². The number of hydrogen-bond donors (Lipinski definition) is 0. The zero-order valence-electron chi connectivity index (χ0n) is 27.5. The quantitative estimate of drug-likeness (QED) is 0.186. The van der Waals surface area contributed by atoms with Crippen molar-refractivity contribution in [3.63, 3.8) is 0 Å². The van der Waals surface area contributed by atoms with Crippen molar-refractivity contribution in [2.75, 3.05) is 0 Å². The predicted molar refractivity (Wildman–Crippen MR) is 209 cm³/mol. The zero-order chi connectivity index (χ0) is 33.7. The molecule has 0 radical (unpaired) electrons. The van der Waals surface area contributed by atoms with Gasteiger partial charge in [-0.1, -0.05) is 103 Å². The monoisotopic (exact) mass is 651 g/mol. The first-order valence-corrected chi connectivity index (χ1v) is 17.0. The van der Waals surface area contributed by atoms with Gasteiger partial charge in [0, 0.05) is 57.3 Å². The molecule has 0 spiro atoms. The standard InChI is InChI=1S/C46H29N5/c1-2-16-38(17-3-1)51-45(50-44-41(22-25-49-46(44)51)34-21-20-30-10-4-5-11-33(30)26-34)37-28-35(39-18-6-12-31-14-8-23-47-42(31)39)27-36(29-37)40-19-7-13-32-15-9-24-48-43(32)40/h1-29H. The lowest BCUT2D eigenvalue weighted by Gasteiger charge is -2.14. The lowest BCUT2D eigenvalue weighted by atomic mass is 9.93. The molecule has 238 valence electrons. The third-order valence-corrected chi connectivity index (χ3v) is 9.70. The van der Waals surface area contributed by atoms with Gasteiger partial charge in [0.1, 0.15) is 11.3 Å². The molecule has 10 aromatic rings. The molecule has 0 aliphatic rings. The number of pyridine rings is 3. The summed E-state index contributed by atoms with van der Waals surface area (Å²) < 4.78 is 2.19. The summed E-state index contributed by atoms with van der Waals surface area (Å²) in [5.41, 5.74) is 11.9. The van der Waals surface area contributed by atoms with Crippen molar-refractivity contribution in [3.05, 3.63) is 176 Å². The van der Waals surface area contributed by atoms with Crippen molar-refractivity contribution in [2.24, 2.45) is 0 Å². The van der Waals surface area contributed by atoms with Crippen LogP contribution in [0.25, 0.3) is 94.2 Å². The van der Waals surface area contributed by atoms with Crippen LogP contribution in [0, 0.1) is 0 Å². The van der Waals surface area contributed by atoms with E-state index in [4.69, 9.17) is 19.9 Å². The van der Waals surface area contributed by atoms with E-state index in [0.717, 1.165) is 83.4 Å². The summed E-state index contributed by atoms with van der Waals surface area (Å²) in [5, 5.41) is 4.58. The van der Waals surface area contributed by atoms with E-state index in [9.17, 15) is 0 Å². The highest BCUT2D eigenvalue weighted by Crippen LogP contribution is 2.40. The van der Waals surface area contributed by atoms with Gasteiger partial charge in [0.15, 0.2) is 5.65 Å². The molecule has 0 bridgehead atoms. The van der Waals surface area contributed by atoms with E-state index >= 15 is 0 Å². The first kappa shape index (κ1) is 29.0. The molecular weight excluding hydrogens is 623 g/mol. The Kier molecular flexibility index (Phi) is 6.74. The molecule has 0 N–H and O–H groups in total. The molecule has 0 aliphatic heterocycles. The van der Waals surface area contributed by atoms with Gasteiger partial charge < -0.3 is 0 Å². The van der Waals surface area contributed by atoms with E-state index in [1.165, 1.54) is 10.8 Å². The average molecular weight is 652 g/mol. The van der Waals surface area contributed by atoms with Crippen LogP contribution in [0.5, 0.6) is 0 Å². The van der Waals surface area contributed by atoms with Gasteiger partial charge in [-0.25, -0.2) is 9.97 Å². The minimum Gasteiger partial charge on any atom is -0.277 e. The molecule has 0 saturated carbocycles. The van der Waals surface area contributed by atoms with Crippen LogP contribution < -0.4 is 0 Å². The molecule has 4 heterocycles. The molecule has 5 heteroatoms. The molecule has 51 heavy (non-hydrogen) atoms. The third kappa shape index (κ3) is 4.94. The fourth-order valence-corrected chi connectivity index (χ4v) is 7.32. The summed E-state index contributed by atoms with van der Waals surface area (Å²) >= 11 is 0. The lowest BCUT2D eigenvalue weighted by Crippen LogP contribution is -1.99. The van der Waals surface area contributed by atoms with E-state index in [0.29, 0.717) is 0 Å². The number of fused-ring (bicyclic) bond motifs is 4. The second kappa shape index (κ2) is 11.9. The number of hydrogen-bond acceptors (Lipinski definition) is 4. The predicted octanol–water partition coefficient (Wildman–Crippen LogP) is 11.3. The van der Waals surface area contributed by atoms with Crippen LogP contribution in [0.15, 0.2) is 176 Å². The van der Waals surface area contributed by atoms with Crippen molar-refractivity contribution in [1.82, 2.24) is 24.5 Å². The Morgan fingerprint density at radius 3 is 1.65 bits per heavy atom. The molecule has 0 amide bonds. The largest absolute Gasteiger partial charge is 0.277 e. The fourth-order valence-electron chi connectivity index (χ4n) is 7.32. The highest BCUT2D eigenvalue weighted by molar-refractivity contribution is 6.00. The number of aromatic nitrogens is 5. The lowest BCUT2D eigenvalue weighted by molar-refractivity contribution is 1.08. The highest BCUT2D eigenvalue weighted by atomic mass is 15.1. The summed E-state index contributed by atoms with van der Waals surface area (Å²) in [6.07, 6.45) is 5.61. The Morgan fingerprint density at radius 2 is 0.941 bits per heavy atom. The van der Waals surface area contributed by atoms with Gasteiger partial charge in [-0.05, 0) is 82.1 Å². The van der Waals surface area contributed by atoms with E-state index < -0.39 is 0 Å². The Labute approximate surface area is 294 Å². The summed E-state index contributed by atoms with van der Waals surface area (Å²) in [6.45, 7) is 0. The van der Waals surface area contributed by atoms with E-state index in [1.54, 1.807) is 0 Å². The van der Waals surface area contributed by atoms with Gasteiger partial charge in [-0.3, -0.25) is 14.5 Å². The fraction of sp³-hybridized carbons (Fsp3) is 0. The smallest absolute Gasteiger partial charge is 0.165 e. The summed E-state index contributed by atoms with van der Waals surface area (Å²) in [4.78, 5) is 20.1. The summed E-state index contributed by atoms with van der Waals surface area (Å²) in [5.74, 6) is 0.807. The maximum Gasteiger partial charge on any atom is 0.165 e. The normalized spacial score (nSPS) is 11.5. The van der Waals surface area contributed by atoms with Crippen LogP contribution in [0.2, 0.25) is 0 Å². The Hall–Kier alpha value is -6.98. The average Bonchev–Trinajstić information content (AvgIpc) is 3.60. The van der Waals surface area contributed by atoms with Gasteiger partial charge >= 0.3 is 0 Å². The van der Waals surface area contributed by atoms with Crippen molar-refractivity contribution in [2.45, 2.75) is 0 Å². The zero-order valence-corrected chi connectivity index (χ0v) is 27.5. The SMILES string of the molecule is c1ccc(-n2c(-c3cc(-c4cccc5cccnc45)cc(-c4cccc5cccnc45)c3)nc3c(-c4ccc5ccccc5c4)ccnc32)cc1. The molecule has 4 aromatic heterocycles. The van der Waals surface area contributed by atoms with Crippen LogP contribution in [-0.2, 0) is 0 Å². The third-order valence-electron chi connectivity index (χ3n) is 9.70. The van der Waals surface area contributed by atoms with Crippen molar-refractivity contribution < 1.29 is 0 Å². The number of nitrogens with zero attached hydrogens (tertiary/aromatic N) is 5. The minimum atomic E-state index is 0.799. The Morgan fingerprint density at radius 1 is 0.353 bits per heavy atom. The molecule has 10 rings (SSSR count). The Bertz CT molecular complexity index is 2820. The molecule has 0 fully saturated rings. The summed E-state index contributed by atoms with van der Waals surface area (Å²) in [6, 6.07) is 55.2. The van der Waals surface area contributed by atoms with Crippen LogP contribution in [-0.4, -0.2) is 24.5 Å². The summed E-state index contributed by atoms with van der Waals surface area (Å²) in [7, 11) is 0. The van der Waals surface area contributed by atoms with Gasteiger partial charge in [-0.2, -0.15) is 0 Å². The van der Waals surface area contributed by atoms with Gasteiger partial charge in [0.2, 0.25) is 0 Å². The van der Waals surface area contributed by atoms with Gasteiger partial charge in [0.05, 0.1) is 11.0 Å². The highest BCUT2D eigenvalue weighted by Gasteiger charge is 2.21. The van der Waals surface area contributed by atoms with Crippen molar-refractivity contribution >= 4 is 43.7 Å². The Balaban J connectivity index is 1.28. The first-order valence-electron chi connectivity index (χ1n) is 17.0. The van der Waals surface area contributed by atoms with Crippen LogP contribution in [0.1, 0.15) is 0 Å². The molecular formula is C46H29N5. The van der Waals surface area contributed by atoms with E-state index in [1.807, 2.05) is 36.8 Å². The molecule has 5 nitrogen and oxygen atoms in total. The topological polar surface area (TPSA) is 56.5 Å². The van der Waals surface area contributed by atoms with Crippen LogP contribution in [0.4, 0.5) is 0 Å². The van der Waals surface area contributed by atoms with Crippen LogP contribution in [0.3, 0.4) is 0 Å². The second-order valence-corrected chi connectivity index (χ2v) is 12.8.